The number of halogens is 3. The van der Waals surface area contributed by atoms with Crippen LogP contribution < -0.4 is 9.62 Å². The number of aliphatic hydroxyl groups excluding tert-OH is 1. The second kappa shape index (κ2) is 10.1. The molecule has 33 heavy (non-hydrogen) atoms. The van der Waals surface area contributed by atoms with Gasteiger partial charge in [-0.25, -0.2) is 8.42 Å². The highest BCUT2D eigenvalue weighted by Crippen LogP contribution is 2.32. The molecule has 1 aliphatic carbocycles. The molecular formula is C23H27F3N2O4S. The number of hydrogen-bond donors (Lipinski definition) is 2. The van der Waals surface area contributed by atoms with Crippen LogP contribution in [-0.4, -0.2) is 38.1 Å². The first-order chi connectivity index (χ1) is 15.5. The number of carbonyl (C=O) groups is 1. The van der Waals surface area contributed by atoms with E-state index in [9.17, 15) is 31.5 Å². The zero-order valence-corrected chi connectivity index (χ0v) is 19.0. The predicted octanol–water partition coefficient (Wildman–Crippen LogP) is 4.02. The number of anilines is 1. The molecule has 1 amide bonds. The third-order valence-corrected chi connectivity index (χ3v) is 7.50. The molecule has 0 bridgehead atoms. The molecule has 0 aliphatic heterocycles. The van der Waals surface area contributed by atoms with E-state index >= 15 is 0 Å². The smallest absolute Gasteiger partial charge is 0.393 e. The molecule has 0 heterocycles. The lowest BCUT2D eigenvalue weighted by Gasteiger charge is -2.27. The average molecular weight is 485 g/mol. The average Bonchev–Trinajstić information content (AvgIpc) is 2.76. The molecule has 1 fully saturated rings. The predicted molar refractivity (Wildman–Crippen MR) is 118 cm³/mol. The quantitative estimate of drug-likeness (QED) is 0.622. The summed E-state index contributed by atoms with van der Waals surface area (Å²) in [7, 11) is -4.37. The van der Waals surface area contributed by atoms with Gasteiger partial charge >= 0.3 is 6.18 Å². The molecule has 1 aliphatic rings. The number of sulfonamides is 1. The van der Waals surface area contributed by atoms with Gasteiger partial charge in [-0.2, -0.15) is 13.2 Å². The van der Waals surface area contributed by atoms with Crippen LogP contribution in [0.4, 0.5) is 18.9 Å². The normalized spacial score (nSPS) is 19.2. The molecule has 2 N–H and O–H groups in total. The molecular weight excluding hydrogens is 457 g/mol. The van der Waals surface area contributed by atoms with Crippen LogP contribution in [0.5, 0.6) is 0 Å². The number of hydrogen-bond acceptors (Lipinski definition) is 4. The van der Waals surface area contributed by atoms with Crippen molar-refractivity contribution in [3.63, 3.8) is 0 Å². The van der Waals surface area contributed by atoms with Crippen LogP contribution in [0, 0.1) is 6.92 Å². The second-order valence-corrected chi connectivity index (χ2v) is 10.1. The van der Waals surface area contributed by atoms with E-state index in [1.165, 1.54) is 0 Å². The summed E-state index contributed by atoms with van der Waals surface area (Å²) in [5.74, 6) is -0.354. The summed E-state index contributed by atoms with van der Waals surface area (Å²) in [6, 6.07) is 9.98. The van der Waals surface area contributed by atoms with E-state index in [0.29, 0.717) is 31.7 Å². The van der Waals surface area contributed by atoms with Crippen LogP contribution in [-0.2, 0) is 21.0 Å². The molecule has 2 aromatic rings. The fourth-order valence-electron chi connectivity index (χ4n) is 3.78. The molecule has 0 unspecified atom stereocenters. The van der Waals surface area contributed by atoms with E-state index in [0.717, 1.165) is 28.1 Å². The molecule has 1 saturated carbocycles. The molecule has 10 heteroatoms. The lowest BCUT2D eigenvalue weighted by Crippen LogP contribution is -2.41. The number of amides is 1. The van der Waals surface area contributed by atoms with E-state index in [1.54, 1.807) is 24.3 Å². The molecule has 3 rings (SSSR count). The largest absolute Gasteiger partial charge is 0.416 e. The van der Waals surface area contributed by atoms with E-state index in [2.05, 4.69) is 5.32 Å². The van der Waals surface area contributed by atoms with Crippen molar-refractivity contribution in [2.45, 2.75) is 62.2 Å². The summed E-state index contributed by atoms with van der Waals surface area (Å²) in [5, 5.41) is 12.4. The number of nitrogens with one attached hydrogen (secondary N) is 1. The topological polar surface area (TPSA) is 86.7 Å². The third-order valence-electron chi connectivity index (χ3n) is 5.68. The fraction of sp³-hybridized carbons (Fsp3) is 0.435. The molecule has 6 nitrogen and oxygen atoms in total. The minimum Gasteiger partial charge on any atom is -0.393 e. The summed E-state index contributed by atoms with van der Waals surface area (Å²) in [5.41, 5.74) is 0.0728. The Bertz CT molecular complexity index is 1060. The monoisotopic (exact) mass is 484 g/mol. The number of nitrogens with zero attached hydrogens (tertiary/aromatic N) is 1. The van der Waals surface area contributed by atoms with Crippen LogP contribution in [0.25, 0.3) is 0 Å². The Labute approximate surface area is 191 Å². The van der Waals surface area contributed by atoms with Gasteiger partial charge in [-0.1, -0.05) is 23.8 Å². The highest BCUT2D eigenvalue weighted by molar-refractivity contribution is 7.92. The number of aliphatic hydroxyl groups is 1. The van der Waals surface area contributed by atoms with Crippen molar-refractivity contribution in [1.29, 1.82) is 0 Å². The van der Waals surface area contributed by atoms with Crippen molar-refractivity contribution in [2.75, 3.05) is 10.8 Å². The molecule has 2 aromatic carbocycles. The van der Waals surface area contributed by atoms with Crippen molar-refractivity contribution in [1.82, 2.24) is 5.32 Å². The maximum absolute atomic E-state index is 13.3. The number of aryl methyl sites for hydroxylation is 1. The molecule has 0 aromatic heterocycles. The summed E-state index contributed by atoms with van der Waals surface area (Å²) in [6.07, 6.45) is -2.77. The van der Waals surface area contributed by atoms with Gasteiger partial charge in [0.1, 0.15) is 0 Å². The van der Waals surface area contributed by atoms with Gasteiger partial charge in [0.05, 0.1) is 22.3 Å². The summed E-state index contributed by atoms with van der Waals surface area (Å²) < 4.78 is 67.1. The first-order valence-electron chi connectivity index (χ1n) is 10.7. The Balaban J connectivity index is 1.82. The molecule has 180 valence electrons. The first-order valence-corrected chi connectivity index (χ1v) is 12.1. The fourth-order valence-corrected chi connectivity index (χ4v) is 5.29. The minimum absolute atomic E-state index is 0.0891. The van der Waals surface area contributed by atoms with Crippen LogP contribution in [0.15, 0.2) is 53.4 Å². The van der Waals surface area contributed by atoms with Gasteiger partial charge in [-0.15, -0.1) is 0 Å². The van der Waals surface area contributed by atoms with Crippen molar-refractivity contribution in [3.05, 3.63) is 59.7 Å². The van der Waals surface area contributed by atoms with Crippen molar-refractivity contribution < 1.29 is 31.5 Å². The van der Waals surface area contributed by atoms with Gasteiger partial charge in [-0.3, -0.25) is 9.10 Å². The molecule has 0 radical (unpaired) electrons. The minimum atomic E-state index is -4.69. The highest BCUT2D eigenvalue weighted by atomic mass is 32.2. The maximum atomic E-state index is 13.3. The van der Waals surface area contributed by atoms with Gasteiger partial charge in [0.25, 0.3) is 10.0 Å². The van der Waals surface area contributed by atoms with E-state index in [1.807, 2.05) is 6.92 Å². The Morgan fingerprint density at radius 3 is 2.33 bits per heavy atom. The van der Waals surface area contributed by atoms with Gasteiger partial charge in [0.2, 0.25) is 5.91 Å². The Hall–Kier alpha value is -2.59. The standard InChI is InChI=1S/C23H27F3N2O4S/c1-16-5-9-19(10-6-16)28(14-13-22(30)27-18-7-11-20(29)12-8-18)33(31,32)21-4-2-3-17(15-21)23(24,25)26/h2-6,9-10,15,18,20,29H,7-8,11-14H2,1H3,(H,27,30). The molecule has 0 spiro atoms. The number of rotatable bonds is 7. The van der Waals surface area contributed by atoms with Gasteiger partial charge in [-0.05, 0) is 62.9 Å². The lowest BCUT2D eigenvalue weighted by molar-refractivity contribution is -0.137. The zero-order valence-electron chi connectivity index (χ0n) is 18.2. The van der Waals surface area contributed by atoms with Crippen LogP contribution in [0.3, 0.4) is 0 Å². The number of carbonyl (C=O) groups excluding carboxylic acids is 1. The van der Waals surface area contributed by atoms with Crippen LogP contribution >= 0.6 is 0 Å². The van der Waals surface area contributed by atoms with Crippen molar-refractivity contribution in [2.24, 2.45) is 0 Å². The van der Waals surface area contributed by atoms with Gasteiger partial charge in [0, 0.05) is 19.0 Å². The van der Waals surface area contributed by atoms with Crippen LogP contribution in [0.1, 0.15) is 43.2 Å². The number of benzene rings is 2. The Kier molecular flexibility index (Phi) is 7.69. The maximum Gasteiger partial charge on any atom is 0.416 e. The Morgan fingerprint density at radius 1 is 1.09 bits per heavy atom. The van der Waals surface area contributed by atoms with E-state index < -0.39 is 26.7 Å². The summed E-state index contributed by atoms with van der Waals surface area (Å²) in [6.45, 7) is 1.59. The summed E-state index contributed by atoms with van der Waals surface area (Å²) in [4.78, 5) is 12.0. The van der Waals surface area contributed by atoms with E-state index in [-0.39, 0.29) is 36.7 Å². The lowest BCUT2D eigenvalue weighted by atomic mass is 9.93. The van der Waals surface area contributed by atoms with Gasteiger partial charge in [0.15, 0.2) is 0 Å². The highest BCUT2D eigenvalue weighted by Gasteiger charge is 2.33. The van der Waals surface area contributed by atoms with Gasteiger partial charge < -0.3 is 10.4 Å². The van der Waals surface area contributed by atoms with Crippen molar-refractivity contribution in [3.8, 4) is 0 Å². The molecule has 0 atom stereocenters. The Morgan fingerprint density at radius 2 is 1.73 bits per heavy atom. The van der Waals surface area contributed by atoms with Crippen molar-refractivity contribution >= 4 is 21.6 Å². The zero-order chi connectivity index (χ0) is 24.2. The molecule has 0 saturated heterocycles. The third kappa shape index (κ3) is 6.48. The summed E-state index contributed by atoms with van der Waals surface area (Å²) >= 11 is 0. The SMILES string of the molecule is Cc1ccc(N(CCC(=O)NC2CCC(O)CC2)S(=O)(=O)c2cccc(C(F)(F)F)c2)cc1. The van der Waals surface area contributed by atoms with E-state index in [4.69, 9.17) is 0 Å². The first kappa shape index (κ1) is 25.0. The second-order valence-electron chi connectivity index (χ2n) is 8.26. The number of alkyl halides is 3. The van der Waals surface area contributed by atoms with Crippen LogP contribution in [0.2, 0.25) is 0 Å².